The lowest BCUT2D eigenvalue weighted by Crippen LogP contribution is -2.76. The van der Waals surface area contributed by atoms with Crippen LogP contribution in [0.25, 0.3) is 0 Å². The topological polar surface area (TPSA) is 18.5 Å². The van der Waals surface area contributed by atoms with E-state index in [0.717, 1.165) is 18.6 Å². The number of unbranched alkanes of at least 4 members (excludes halogenated alkanes) is 14. The van der Waals surface area contributed by atoms with Gasteiger partial charge in [-0.3, -0.25) is 0 Å². The second-order valence-electron chi connectivity index (χ2n) is 13.9. The second kappa shape index (κ2) is 22.6. The highest BCUT2D eigenvalue weighted by atomic mass is 28.4. The fourth-order valence-electron chi connectivity index (χ4n) is 6.87. The number of quaternary nitrogens is 1. The zero-order valence-electron chi connectivity index (χ0n) is 28.6. The van der Waals surface area contributed by atoms with E-state index >= 15 is 0 Å². The Morgan fingerprint density at radius 1 is 0.718 bits per heavy atom. The maximum Gasteiger partial charge on any atom is 0.420 e. The van der Waals surface area contributed by atoms with E-state index in [4.69, 9.17) is 8.85 Å². The van der Waals surface area contributed by atoms with Crippen LogP contribution in [0.5, 0.6) is 0 Å². The quantitative estimate of drug-likeness (QED) is 0.0517. The highest BCUT2D eigenvalue weighted by Crippen LogP contribution is 2.39. The number of hydrogen-bond acceptors (Lipinski definition) is 2. The summed E-state index contributed by atoms with van der Waals surface area (Å²) in [5.74, 6) is 0. The van der Waals surface area contributed by atoms with Crippen LogP contribution in [0, 0.1) is 0 Å². The first-order chi connectivity index (χ1) is 18.5. The molecule has 0 saturated carbocycles. The molecule has 5 heteroatoms. The van der Waals surface area contributed by atoms with Gasteiger partial charge < -0.3 is 13.0 Å². The molecule has 0 aromatic carbocycles. The molecule has 1 unspecified atom stereocenters. The van der Waals surface area contributed by atoms with Gasteiger partial charge in [-0.1, -0.05) is 116 Å². The molecule has 0 aliphatic carbocycles. The van der Waals surface area contributed by atoms with E-state index in [0.29, 0.717) is 6.61 Å². The van der Waals surface area contributed by atoms with Crippen molar-refractivity contribution in [2.45, 2.75) is 182 Å². The fraction of sp³-hybridized carbons (Fsp3) is 0.941. The van der Waals surface area contributed by atoms with Gasteiger partial charge in [-0.25, -0.2) is 0 Å². The van der Waals surface area contributed by atoms with E-state index in [1.165, 1.54) is 126 Å². The Balaban J connectivity index is 4.65. The maximum atomic E-state index is 6.96. The van der Waals surface area contributed by atoms with Crippen LogP contribution in [-0.2, 0) is 8.85 Å². The van der Waals surface area contributed by atoms with Crippen molar-refractivity contribution < 1.29 is 13.0 Å². The summed E-state index contributed by atoms with van der Waals surface area (Å²) in [6.45, 7) is 29.5. The average molecular weight is 585 g/mol. The Bertz CT molecular complexity index is 594. The van der Waals surface area contributed by atoms with E-state index in [2.05, 4.69) is 67.4 Å². The van der Waals surface area contributed by atoms with Crippen LogP contribution < -0.4 is 0 Å². The fourth-order valence-corrected chi connectivity index (χ4v) is 15.3. The van der Waals surface area contributed by atoms with Gasteiger partial charge in [0.25, 0.3) is 0 Å². The largest absolute Gasteiger partial charge is 0.420 e. The van der Waals surface area contributed by atoms with E-state index in [1.54, 1.807) is 0 Å². The lowest BCUT2D eigenvalue weighted by atomic mass is 9.93. The minimum atomic E-state index is -1.97. The predicted molar refractivity (Wildman–Crippen MR) is 182 cm³/mol. The summed E-state index contributed by atoms with van der Waals surface area (Å²) in [6, 6.07) is 0. The highest BCUT2D eigenvalue weighted by Gasteiger charge is 2.56. The van der Waals surface area contributed by atoms with Crippen LogP contribution in [0.3, 0.4) is 0 Å². The standard InChI is InChI=1S/C34H74NO2Si2/c1-11-13-14-15-16-17-18-19-20-21-22-23-24-25-26-28-34(5,6)35(29-12-2,39(9,10)37-38(7)8)30-27-31-36-32-33(3)4/h38H,3,11-32H2,1-2,4-10H3/q+1. The first kappa shape index (κ1) is 39.1. The molecule has 0 N–H and O–H groups in total. The van der Waals surface area contributed by atoms with E-state index in [1.807, 2.05) is 0 Å². The van der Waals surface area contributed by atoms with E-state index in [-0.39, 0.29) is 5.54 Å². The van der Waals surface area contributed by atoms with Crippen molar-refractivity contribution in [1.29, 1.82) is 0 Å². The summed E-state index contributed by atoms with van der Waals surface area (Å²) in [5, 5.41) is 0. The highest BCUT2D eigenvalue weighted by molar-refractivity contribution is 6.72. The van der Waals surface area contributed by atoms with Gasteiger partial charge in [0.15, 0.2) is 9.04 Å². The van der Waals surface area contributed by atoms with Crippen molar-refractivity contribution in [3.8, 4) is 0 Å². The monoisotopic (exact) mass is 585 g/mol. The molecule has 0 aromatic heterocycles. The molecule has 0 saturated heterocycles. The Kier molecular flexibility index (Phi) is 22.7. The molecule has 234 valence electrons. The summed E-state index contributed by atoms with van der Waals surface area (Å²) in [6.07, 6.45) is 25.1. The van der Waals surface area contributed by atoms with Gasteiger partial charge in [0.1, 0.15) is 0 Å². The van der Waals surface area contributed by atoms with Gasteiger partial charge in [0.05, 0.1) is 31.8 Å². The first-order valence-corrected chi connectivity index (χ1v) is 22.9. The summed E-state index contributed by atoms with van der Waals surface area (Å²) in [4.78, 5) is 0. The number of nitrogens with zero attached hydrogens (tertiary/aromatic N) is 1. The lowest BCUT2D eigenvalue weighted by molar-refractivity contribution is -0.891. The molecule has 39 heavy (non-hydrogen) atoms. The molecule has 0 rings (SSSR count). The summed E-state index contributed by atoms with van der Waals surface area (Å²) in [7, 11) is -3.08. The average Bonchev–Trinajstić information content (AvgIpc) is 2.84. The minimum absolute atomic E-state index is 0.236. The van der Waals surface area contributed by atoms with Gasteiger partial charge in [0.2, 0.25) is 0 Å². The van der Waals surface area contributed by atoms with Gasteiger partial charge in [-0.05, 0) is 46.7 Å². The Hall–Kier alpha value is 0.0538. The maximum absolute atomic E-state index is 6.96. The van der Waals surface area contributed by atoms with Gasteiger partial charge in [-0.15, -0.1) is 0 Å². The van der Waals surface area contributed by atoms with Crippen LogP contribution in [0.15, 0.2) is 12.2 Å². The summed E-state index contributed by atoms with van der Waals surface area (Å²) < 4.78 is 14.1. The molecule has 0 amide bonds. The zero-order chi connectivity index (χ0) is 29.6. The van der Waals surface area contributed by atoms with Crippen LogP contribution in [0.1, 0.15) is 150 Å². The predicted octanol–water partition coefficient (Wildman–Crippen LogP) is 10.9. The number of ether oxygens (including phenoxy) is 1. The smallest absolute Gasteiger partial charge is 0.416 e. The van der Waals surface area contributed by atoms with Gasteiger partial charge >= 0.3 is 8.48 Å². The molecule has 0 fully saturated rings. The molecule has 0 aromatic rings. The van der Waals surface area contributed by atoms with Crippen LogP contribution in [0.2, 0.25) is 26.2 Å². The Morgan fingerprint density at radius 2 is 1.18 bits per heavy atom. The normalized spacial score (nSPS) is 14.2. The second-order valence-corrected chi connectivity index (χ2v) is 20.7. The third kappa shape index (κ3) is 16.9. The molecule has 0 aliphatic rings. The molecule has 3 nitrogen and oxygen atoms in total. The number of rotatable bonds is 28. The number of hydrogen-bond donors (Lipinski definition) is 0. The van der Waals surface area contributed by atoms with Crippen LogP contribution in [0.4, 0.5) is 0 Å². The first-order valence-electron chi connectivity index (χ1n) is 17.2. The Labute approximate surface area is 250 Å². The molecule has 0 spiro atoms. The Morgan fingerprint density at radius 3 is 1.59 bits per heavy atom. The molecule has 0 bridgehead atoms. The molecular formula is C34H74NO2Si2+. The molecule has 1 atom stereocenters. The lowest BCUT2D eigenvalue weighted by Gasteiger charge is -2.59. The van der Waals surface area contributed by atoms with Crippen LogP contribution >= 0.6 is 0 Å². The summed E-state index contributed by atoms with van der Waals surface area (Å²) in [5.41, 5.74) is 1.35. The van der Waals surface area contributed by atoms with Crippen molar-refractivity contribution in [3.63, 3.8) is 0 Å². The molecular weight excluding hydrogens is 511 g/mol. The third-order valence-electron chi connectivity index (χ3n) is 8.89. The van der Waals surface area contributed by atoms with E-state index < -0.39 is 17.5 Å². The summed E-state index contributed by atoms with van der Waals surface area (Å²) >= 11 is 0. The van der Waals surface area contributed by atoms with Crippen molar-refractivity contribution in [2.24, 2.45) is 0 Å². The van der Waals surface area contributed by atoms with Crippen LogP contribution in [-0.4, -0.2) is 53.5 Å². The van der Waals surface area contributed by atoms with Crippen molar-refractivity contribution in [2.75, 3.05) is 26.3 Å². The van der Waals surface area contributed by atoms with Crippen molar-refractivity contribution in [1.82, 2.24) is 0 Å². The SMILES string of the molecule is C=C(C)COCCC[N+](CCC)(C(C)(C)CCCCCCCCCCCCCCCCC)[Si](C)(C)O[SiH](C)C. The van der Waals surface area contributed by atoms with Gasteiger partial charge in [0, 0.05) is 25.9 Å². The van der Waals surface area contributed by atoms with Crippen molar-refractivity contribution >= 4 is 17.5 Å². The third-order valence-corrected chi connectivity index (χ3v) is 16.2. The zero-order valence-corrected chi connectivity index (χ0v) is 30.8. The van der Waals surface area contributed by atoms with E-state index in [9.17, 15) is 0 Å². The van der Waals surface area contributed by atoms with Gasteiger partial charge in [-0.2, -0.15) is 0 Å². The molecule has 0 radical (unpaired) electrons. The van der Waals surface area contributed by atoms with Crippen molar-refractivity contribution in [3.05, 3.63) is 12.2 Å². The molecule has 0 heterocycles. The molecule has 0 aliphatic heterocycles. The minimum Gasteiger partial charge on any atom is -0.416 e.